The standard InChI is InChI=1S/C17H27NO2/c1-4-20-15-9-8-14(12-16(15)19-3)13-18-17(2)10-6-5-7-11-17/h8-9,12,18H,4-7,10-11,13H2,1-3H3. The third-order valence-corrected chi connectivity index (χ3v) is 4.20. The Morgan fingerprint density at radius 2 is 1.90 bits per heavy atom. The second kappa shape index (κ2) is 6.98. The molecule has 0 aromatic heterocycles. The minimum absolute atomic E-state index is 0.296. The highest BCUT2D eigenvalue weighted by molar-refractivity contribution is 5.43. The van der Waals surface area contributed by atoms with Gasteiger partial charge in [0.2, 0.25) is 0 Å². The topological polar surface area (TPSA) is 30.5 Å². The van der Waals surface area contributed by atoms with Crippen molar-refractivity contribution in [2.75, 3.05) is 13.7 Å². The van der Waals surface area contributed by atoms with E-state index in [0.29, 0.717) is 12.1 Å². The Morgan fingerprint density at radius 1 is 1.15 bits per heavy atom. The molecule has 3 nitrogen and oxygen atoms in total. The van der Waals surface area contributed by atoms with E-state index in [-0.39, 0.29) is 0 Å². The first kappa shape index (κ1) is 15.2. The molecule has 0 amide bonds. The van der Waals surface area contributed by atoms with Crippen LogP contribution in [0, 0.1) is 0 Å². The second-order valence-electron chi connectivity index (χ2n) is 5.89. The van der Waals surface area contributed by atoms with Crippen molar-refractivity contribution in [2.24, 2.45) is 0 Å². The van der Waals surface area contributed by atoms with Crippen LogP contribution in [0.4, 0.5) is 0 Å². The number of hydrogen-bond acceptors (Lipinski definition) is 3. The molecule has 3 heteroatoms. The van der Waals surface area contributed by atoms with Gasteiger partial charge in [0.25, 0.3) is 0 Å². The van der Waals surface area contributed by atoms with Crippen LogP contribution in [-0.2, 0) is 6.54 Å². The van der Waals surface area contributed by atoms with Crippen molar-refractivity contribution < 1.29 is 9.47 Å². The lowest BCUT2D eigenvalue weighted by Crippen LogP contribution is -2.43. The molecule has 20 heavy (non-hydrogen) atoms. The summed E-state index contributed by atoms with van der Waals surface area (Å²) < 4.78 is 11.0. The number of hydrogen-bond donors (Lipinski definition) is 1. The first-order valence-electron chi connectivity index (χ1n) is 7.71. The van der Waals surface area contributed by atoms with Gasteiger partial charge in [0.1, 0.15) is 0 Å². The minimum Gasteiger partial charge on any atom is -0.493 e. The molecule has 0 radical (unpaired) electrons. The van der Waals surface area contributed by atoms with E-state index >= 15 is 0 Å². The van der Waals surface area contributed by atoms with Crippen molar-refractivity contribution in [2.45, 2.75) is 58.0 Å². The van der Waals surface area contributed by atoms with Gasteiger partial charge in [0, 0.05) is 12.1 Å². The number of benzene rings is 1. The van der Waals surface area contributed by atoms with Gasteiger partial charge in [-0.1, -0.05) is 25.3 Å². The molecule has 0 spiro atoms. The molecular weight excluding hydrogens is 250 g/mol. The summed E-state index contributed by atoms with van der Waals surface area (Å²) in [7, 11) is 1.69. The zero-order valence-corrected chi connectivity index (χ0v) is 13.0. The van der Waals surface area contributed by atoms with Crippen LogP contribution in [0.5, 0.6) is 11.5 Å². The number of ether oxygens (including phenoxy) is 2. The summed E-state index contributed by atoms with van der Waals surface area (Å²) in [5.41, 5.74) is 1.54. The van der Waals surface area contributed by atoms with E-state index in [1.807, 2.05) is 13.0 Å². The van der Waals surface area contributed by atoms with Gasteiger partial charge in [-0.25, -0.2) is 0 Å². The fourth-order valence-corrected chi connectivity index (χ4v) is 2.92. The molecule has 1 N–H and O–H groups in total. The van der Waals surface area contributed by atoms with Crippen LogP contribution in [0.3, 0.4) is 0 Å². The van der Waals surface area contributed by atoms with Crippen LogP contribution in [0.1, 0.15) is 51.5 Å². The number of methoxy groups -OCH3 is 1. The maximum Gasteiger partial charge on any atom is 0.161 e. The maximum absolute atomic E-state index is 5.55. The van der Waals surface area contributed by atoms with E-state index in [2.05, 4.69) is 24.4 Å². The van der Waals surface area contributed by atoms with Gasteiger partial charge in [0.15, 0.2) is 11.5 Å². The minimum atomic E-state index is 0.296. The Bertz CT molecular complexity index is 425. The zero-order valence-electron chi connectivity index (χ0n) is 13.0. The summed E-state index contributed by atoms with van der Waals surface area (Å²) in [5.74, 6) is 1.64. The van der Waals surface area contributed by atoms with E-state index in [9.17, 15) is 0 Å². The molecule has 1 fully saturated rings. The Morgan fingerprint density at radius 3 is 2.55 bits per heavy atom. The normalized spacial score (nSPS) is 17.8. The molecule has 112 valence electrons. The van der Waals surface area contributed by atoms with Gasteiger partial charge in [-0.15, -0.1) is 0 Å². The van der Waals surface area contributed by atoms with Crippen LogP contribution in [0.25, 0.3) is 0 Å². The molecule has 0 heterocycles. The fourth-order valence-electron chi connectivity index (χ4n) is 2.92. The molecule has 2 rings (SSSR count). The van der Waals surface area contributed by atoms with Crippen molar-refractivity contribution in [3.8, 4) is 11.5 Å². The van der Waals surface area contributed by atoms with E-state index in [4.69, 9.17) is 9.47 Å². The number of nitrogens with one attached hydrogen (secondary N) is 1. The Kier molecular flexibility index (Phi) is 5.30. The molecular formula is C17H27NO2. The Balaban J connectivity index is 1.98. The summed E-state index contributed by atoms with van der Waals surface area (Å²) in [4.78, 5) is 0. The molecule has 1 aliphatic rings. The second-order valence-corrected chi connectivity index (χ2v) is 5.89. The van der Waals surface area contributed by atoms with Gasteiger partial charge >= 0.3 is 0 Å². The van der Waals surface area contributed by atoms with Gasteiger partial charge in [0.05, 0.1) is 13.7 Å². The van der Waals surface area contributed by atoms with Crippen molar-refractivity contribution in [1.82, 2.24) is 5.32 Å². The zero-order chi connectivity index (χ0) is 14.4. The van der Waals surface area contributed by atoms with Crippen LogP contribution >= 0.6 is 0 Å². The molecule has 0 atom stereocenters. The highest BCUT2D eigenvalue weighted by Crippen LogP contribution is 2.30. The van der Waals surface area contributed by atoms with Crippen LogP contribution < -0.4 is 14.8 Å². The van der Waals surface area contributed by atoms with Gasteiger partial charge in [-0.05, 0) is 44.4 Å². The lowest BCUT2D eigenvalue weighted by Gasteiger charge is -2.35. The average Bonchev–Trinajstić information content (AvgIpc) is 2.47. The highest BCUT2D eigenvalue weighted by atomic mass is 16.5. The maximum atomic E-state index is 5.55. The van der Waals surface area contributed by atoms with Crippen molar-refractivity contribution in [3.05, 3.63) is 23.8 Å². The van der Waals surface area contributed by atoms with E-state index in [1.54, 1.807) is 7.11 Å². The van der Waals surface area contributed by atoms with Crippen molar-refractivity contribution in [3.63, 3.8) is 0 Å². The van der Waals surface area contributed by atoms with E-state index in [0.717, 1.165) is 18.0 Å². The quantitative estimate of drug-likeness (QED) is 0.855. The Labute approximate surface area is 122 Å². The van der Waals surface area contributed by atoms with Gasteiger partial charge in [-0.2, -0.15) is 0 Å². The molecule has 0 unspecified atom stereocenters. The molecule has 1 aromatic carbocycles. The third kappa shape index (κ3) is 3.89. The predicted molar refractivity (Wildman–Crippen MR) is 82.5 cm³/mol. The Hall–Kier alpha value is -1.22. The SMILES string of the molecule is CCOc1ccc(CNC2(C)CCCCC2)cc1OC. The lowest BCUT2D eigenvalue weighted by atomic mass is 9.83. The molecule has 0 saturated heterocycles. The molecule has 1 saturated carbocycles. The summed E-state index contributed by atoms with van der Waals surface area (Å²) in [6.07, 6.45) is 6.63. The van der Waals surface area contributed by atoms with Crippen molar-refractivity contribution >= 4 is 0 Å². The monoisotopic (exact) mass is 277 g/mol. The van der Waals surface area contributed by atoms with Crippen LogP contribution in [-0.4, -0.2) is 19.3 Å². The summed E-state index contributed by atoms with van der Waals surface area (Å²) in [6, 6.07) is 6.19. The summed E-state index contributed by atoms with van der Waals surface area (Å²) in [6.45, 7) is 5.88. The molecule has 1 aliphatic carbocycles. The summed E-state index contributed by atoms with van der Waals surface area (Å²) in [5, 5.41) is 3.72. The predicted octanol–water partition coefficient (Wildman–Crippen LogP) is 3.91. The van der Waals surface area contributed by atoms with Gasteiger partial charge in [-0.3, -0.25) is 0 Å². The van der Waals surface area contributed by atoms with Crippen LogP contribution in [0.15, 0.2) is 18.2 Å². The molecule has 1 aromatic rings. The van der Waals surface area contributed by atoms with Crippen LogP contribution in [0.2, 0.25) is 0 Å². The van der Waals surface area contributed by atoms with Crippen molar-refractivity contribution in [1.29, 1.82) is 0 Å². The molecule has 0 aliphatic heterocycles. The first-order chi connectivity index (χ1) is 9.67. The lowest BCUT2D eigenvalue weighted by molar-refractivity contribution is 0.252. The third-order valence-electron chi connectivity index (χ3n) is 4.20. The average molecular weight is 277 g/mol. The summed E-state index contributed by atoms with van der Waals surface area (Å²) >= 11 is 0. The first-order valence-corrected chi connectivity index (χ1v) is 7.71. The largest absolute Gasteiger partial charge is 0.493 e. The molecule has 0 bridgehead atoms. The highest BCUT2D eigenvalue weighted by Gasteiger charge is 2.25. The number of rotatable bonds is 6. The van der Waals surface area contributed by atoms with Gasteiger partial charge < -0.3 is 14.8 Å². The fraction of sp³-hybridized carbons (Fsp3) is 0.647. The van der Waals surface area contributed by atoms with E-state index < -0.39 is 0 Å². The smallest absolute Gasteiger partial charge is 0.161 e. The van der Waals surface area contributed by atoms with E-state index in [1.165, 1.54) is 37.7 Å².